The fourth-order valence-corrected chi connectivity index (χ4v) is 4.05. The summed E-state index contributed by atoms with van der Waals surface area (Å²) in [7, 11) is 0. The van der Waals surface area contributed by atoms with E-state index in [4.69, 9.17) is 0 Å². The van der Waals surface area contributed by atoms with Crippen LogP contribution in [0.3, 0.4) is 0 Å². The third-order valence-corrected chi connectivity index (χ3v) is 5.63. The van der Waals surface area contributed by atoms with Crippen molar-refractivity contribution >= 4 is 0 Å². The maximum absolute atomic E-state index is 14.4. The van der Waals surface area contributed by atoms with Crippen LogP contribution in [-0.2, 0) is 25.7 Å². The fourth-order valence-electron chi connectivity index (χ4n) is 4.05. The summed E-state index contributed by atoms with van der Waals surface area (Å²) in [6, 6.07) is 4.96. The predicted octanol–water partition coefficient (Wildman–Crippen LogP) is 7.08. The molecule has 0 aliphatic heterocycles. The lowest BCUT2D eigenvalue weighted by atomic mass is 9.81. The highest BCUT2D eigenvalue weighted by atomic mass is 19.4. The van der Waals surface area contributed by atoms with Gasteiger partial charge in [-0.05, 0) is 91.8 Å². The summed E-state index contributed by atoms with van der Waals surface area (Å²) in [6.45, 7) is 2.01. The van der Waals surface area contributed by atoms with Crippen molar-refractivity contribution in [1.29, 1.82) is 0 Å². The first-order chi connectivity index (χ1) is 14.2. The molecule has 0 radical (unpaired) electrons. The highest BCUT2D eigenvalue weighted by molar-refractivity contribution is 5.39. The van der Waals surface area contributed by atoms with Gasteiger partial charge in [0.25, 0.3) is 0 Å². The van der Waals surface area contributed by atoms with E-state index in [9.17, 15) is 26.3 Å². The maximum Gasteiger partial charge on any atom is 0.573 e. The van der Waals surface area contributed by atoms with Crippen LogP contribution in [0.5, 0.6) is 5.75 Å². The van der Waals surface area contributed by atoms with Gasteiger partial charge in [-0.15, -0.1) is 13.2 Å². The molecule has 2 aromatic rings. The summed E-state index contributed by atoms with van der Waals surface area (Å²) >= 11 is 0. The van der Waals surface area contributed by atoms with E-state index in [-0.39, 0.29) is 17.9 Å². The van der Waals surface area contributed by atoms with Crippen LogP contribution in [-0.4, -0.2) is 6.36 Å². The average Bonchev–Trinajstić information content (AvgIpc) is 2.65. The topological polar surface area (TPSA) is 9.23 Å². The number of unbranched alkanes of at least 4 members (excludes halogenated alkanes) is 1. The van der Waals surface area contributed by atoms with Crippen molar-refractivity contribution in [2.24, 2.45) is 5.92 Å². The van der Waals surface area contributed by atoms with Gasteiger partial charge in [0.1, 0.15) is 11.6 Å². The van der Waals surface area contributed by atoms with Gasteiger partial charge in [-0.1, -0.05) is 13.3 Å². The zero-order valence-corrected chi connectivity index (χ0v) is 16.7. The number of alkyl halides is 3. The molecule has 1 aliphatic carbocycles. The molecule has 1 unspecified atom stereocenters. The normalized spacial score (nSPS) is 16.4. The van der Waals surface area contributed by atoms with Crippen molar-refractivity contribution < 1.29 is 31.1 Å². The summed E-state index contributed by atoms with van der Waals surface area (Å²) in [5, 5.41) is 0. The van der Waals surface area contributed by atoms with Crippen molar-refractivity contribution in [2.45, 2.75) is 64.7 Å². The first-order valence-corrected chi connectivity index (χ1v) is 10.2. The monoisotopic (exact) mass is 430 g/mol. The quantitative estimate of drug-likeness (QED) is 0.427. The van der Waals surface area contributed by atoms with Crippen molar-refractivity contribution in [3.05, 3.63) is 64.0 Å². The molecular formula is C23H24F6O. The van der Waals surface area contributed by atoms with Crippen LogP contribution in [0, 0.1) is 23.4 Å². The van der Waals surface area contributed by atoms with E-state index in [2.05, 4.69) is 4.74 Å². The van der Waals surface area contributed by atoms with Crippen molar-refractivity contribution in [2.75, 3.05) is 0 Å². The summed E-state index contributed by atoms with van der Waals surface area (Å²) in [5.41, 5.74) is 1.94. The Kier molecular flexibility index (Phi) is 6.98. The largest absolute Gasteiger partial charge is 0.573 e. The molecule has 0 bridgehead atoms. The second-order valence-corrected chi connectivity index (χ2v) is 7.89. The zero-order valence-electron chi connectivity index (χ0n) is 16.7. The van der Waals surface area contributed by atoms with E-state index in [1.165, 1.54) is 12.1 Å². The molecule has 0 spiro atoms. The molecule has 30 heavy (non-hydrogen) atoms. The molecule has 0 heterocycles. The maximum atomic E-state index is 14.4. The van der Waals surface area contributed by atoms with Gasteiger partial charge in [0.05, 0.1) is 0 Å². The number of fused-ring (bicyclic) bond motifs is 1. The Morgan fingerprint density at radius 1 is 0.933 bits per heavy atom. The molecule has 0 saturated heterocycles. The van der Waals surface area contributed by atoms with E-state index in [0.717, 1.165) is 25.0 Å². The zero-order chi connectivity index (χ0) is 21.9. The molecule has 7 heteroatoms. The second-order valence-electron chi connectivity index (χ2n) is 7.89. The van der Waals surface area contributed by atoms with Crippen molar-refractivity contribution in [3.8, 4) is 5.75 Å². The minimum atomic E-state index is -4.95. The molecule has 1 nitrogen and oxygen atoms in total. The van der Waals surface area contributed by atoms with E-state index in [0.29, 0.717) is 48.8 Å². The Labute approximate surface area is 172 Å². The van der Waals surface area contributed by atoms with Crippen LogP contribution < -0.4 is 4.74 Å². The van der Waals surface area contributed by atoms with Gasteiger partial charge in [-0.3, -0.25) is 0 Å². The van der Waals surface area contributed by atoms with Gasteiger partial charge in [0.15, 0.2) is 11.6 Å². The highest BCUT2D eigenvalue weighted by Gasteiger charge is 2.33. The molecule has 1 atom stereocenters. The second kappa shape index (κ2) is 9.31. The van der Waals surface area contributed by atoms with Gasteiger partial charge >= 0.3 is 6.36 Å². The van der Waals surface area contributed by atoms with Crippen LogP contribution in [0.2, 0.25) is 0 Å². The Morgan fingerprint density at radius 3 is 2.27 bits per heavy atom. The molecule has 0 saturated carbocycles. The van der Waals surface area contributed by atoms with E-state index >= 15 is 0 Å². The van der Waals surface area contributed by atoms with Gasteiger partial charge < -0.3 is 4.74 Å². The van der Waals surface area contributed by atoms with Gasteiger partial charge in [-0.25, -0.2) is 13.2 Å². The summed E-state index contributed by atoms with van der Waals surface area (Å²) < 4.78 is 83.6. The number of hydrogen-bond acceptors (Lipinski definition) is 1. The molecular weight excluding hydrogens is 406 g/mol. The number of ether oxygens (including phenoxy) is 1. The lowest BCUT2D eigenvalue weighted by Gasteiger charge is -2.25. The number of aryl methyl sites for hydroxylation is 2. The Morgan fingerprint density at radius 2 is 1.63 bits per heavy atom. The van der Waals surface area contributed by atoms with Crippen LogP contribution in [0.25, 0.3) is 0 Å². The molecule has 0 fully saturated rings. The lowest BCUT2D eigenvalue weighted by molar-refractivity contribution is -0.275. The molecule has 0 amide bonds. The van der Waals surface area contributed by atoms with Crippen molar-refractivity contribution in [3.63, 3.8) is 0 Å². The van der Waals surface area contributed by atoms with Gasteiger partial charge in [0.2, 0.25) is 0 Å². The molecule has 164 valence electrons. The van der Waals surface area contributed by atoms with E-state index < -0.39 is 29.6 Å². The molecule has 1 aliphatic rings. The number of benzene rings is 2. The SMILES string of the molecule is CCCCc1cc(F)c(CCC2CCc3cc(OC(F)(F)F)c(F)cc3C2)c(F)c1. The van der Waals surface area contributed by atoms with Crippen LogP contribution >= 0.6 is 0 Å². The minimum Gasteiger partial charge on any atom is -0.403 e. The van der Waals surface area contributed by atoms with Gasteiger partial charge in [-0.2, -0.15) is 0 Å². The summed E-state index contributed by atoms with van der Waals surface area (Å²) in [4.78, 5) is 0. The third-order valence-electron chi connectivity index (χ3n) is 5.63. The smallest absolute Gasteiger partial charge is 0.403 e. The molecule has 0 aromatic heterocycles. The first kappa shape index (κ1) is 22.5. The number of hydrogen-bond donors (Lipinski definition) is 0. The molecule has 3 rings (SSSR count). The summed E-state index contributed by atoms with van der Waals surface area (Å²) in [6.07, 6.45) is -0.187. The highest BCUT2D eigenvalue weighted by Crippen LogP contribution is 2.35. The average molecular weight is 430 g/mol. The predicted molar refractivity (Wildman–Crippen MR) is 102 cm³/mol. The third kappa shape index (κ3) is 5.70. The Hall–Kier alpha value is -2.18. The van der Waals surface area contributed by atoms with Gasteiger partial charge in [0, 0.05) is 5.56 Å². The lowest BCUT2D eigenvalue weighted by Crippen LogP contribution is -2.20. The van der Waals surface area contributed by atoms with E-state index in [1.807, 2.05) is 6.92 Å². The minimum absolute atomic E-state index is 0.0566. The summed E-state index contributed by atoms with van der Waals surface area (Å²) in [5.74, 6) is -2.90. The van der Waals surface area contributed by atoms with Crippen molar-refractivity contribution in [1.82, 2.24) is 0 Å². The molecule has 2 aromatic carbocycles. The fraction of sp³-hybridized carbons (Fsp3) is 0.478. The Bertz CT molecular complexity index is 867. The number of rotatable bonds is 7. The van der Waals surface area contributed by atoms with Crippen LogP contribution in [0.4, 0.5) is 26.3 Å². The van der Waals surface area contributed by atoms with Crippen LogP contribution in [0.1, 0.15) is 54.9 Å². The van der Waals surface area contributed by atoms with Crippen LogP contribution in [0.15, 0.2) is 24.3 Å². The Balaban J connectivity index is 1.65. The standard InChI is InChI=1S/C23H24F6O/c1-2-3-4-15-10-19(24)18(20(25)11-15)8-6-14-5-7-16-13-22(30-23(27,28)29)21(26)12-17(16)9-14/h10-14H,2-9H2,1H3. The number of halogens is 6. The van der Waals surface area contributed by atoms with E-state index in [1.54, 1.807) is 0 Å². The molecule has 0 N–H and O–H groups in total. The first-order valence-electron chi connectivity index (χ1n) is 10.2.